The lowest BCUT2D eigenvalue weighted by Gasteiger charge is -2.22. The van der Waals surface area contributed by atoms with Crippen molar-refractivity contribution in [3.8, 4) is 11.5 Å². The molecule has 6 heteroatoms. The topological polar surface area (TPSA) is 75.7 Å². The number of nitrogens with one attached hydrogen (secondary N) is 1. The molecule has 0 spiro atoms. The van der Waals surface area contributed by atoms with Crippen molar-refractivity contribution in [3.63, 3.8) is 0 Å². The van der Waals surface area contributed by atoms with Gasteiger partial charge in [-0.3, -0.25) is 19.3 Å². The lowest BCUT2D eigenvalue weighted by atomic mass is 10.1. The Morgan fingerprint density at radius 2 is 1.43 bits per heavy atom. The molecular weight excluding hydrogens is 380 g/mol. The van der Waals surface area contributed by atoms with Gasteiger partial charge in [-0.2, -0.15) is 0 Å². The second kappa shape index (κ2) is 7.83. The van der Waals surface area contributed by atoms with Crippen LogP contribution in [0.2, 0.25) is 0 Å². The summed E-state index contributed by atoms with van der Waals surface area (Å²) in [7, 11) is 0. The lowest BCUT2D eigenvalue weighted by Crippen LogP contribution is -2.45. The number of amides is 3. The number of aryl methyl sites for hydroxylation is 1. The first-order valence-corrected chi connectivity index (χ1v) is 9.57. The molecule has 0 bridgehead atoms. The summed E-state index contributed by atoms with van der Waals surface area (Å²) >= 11 is 0. The summed E-state index contributed by atoms with van der Waals surface area (Å²) in [5.74, 6) is -0.325. The number of carbonyl (C=O) groups excluding carboxylic acids is 3. The SMILES string of the molecule is Cc1ccc(Oc2ccccc2NC(=O)C(C)N2C(=O)c3ccccc3C2=O)cc1. The first-order chi connectivity index (χ1) is 14.5. The Morgan fingerprint density at radius 1 is 0.867 bits per heavy atom. The Kier molecular flexibility index (Phi) is 5.06. The maximum Gasteiger partial charge on any atom is 0.262 e. The van der Waals surface area contributed by atoms with Crippen molar-refractivity contribution in [2.24, 2.45) is 0 Å². The lowest BCUT2D eigenvalue weighted by molar-refractivity contribution is -0.119. The van der Waals surface area contributed by atoms with Crippen LogP contribution in [0.1, 0.15) is 33.2 Å². The van der Waals surface area contributed by atoms with Gasteiger partial charge in [-0.15, -0.1) is 0 Å². The molecule has 0 saturated carbocycles. The van der Waals surface area contributed by atoms with E-state index in [1.807, 2.05) is 31.2 Å². The van der Waals surface area contributed by atoms with E-state index < -0.39 is 23.8 Å². The predicted molar refractivity (Wildman–Crippen MR) is 113 cm³/mol. The number of fused-ring (bicyclic) bond motifs is 1. The molecule has 1 aliphatic heterocycles. The minimum Gasteiger partial charge on any atom is -0.455 e. The van der Waals surface area contributed by atoms with Crippen LogP contribution in [0.4, 0.5) is 5.69 Å². The smallest absolute Gasteiger partial charge is 0.262 e. The van der Waals surface area contributed by atoms with Crippen LogP contribution in [0.3, 0.4) is 0 Å². The van der Waals surface area contributed by atoms with E-state index in [9.17, 15) is 14.4 Å². The molecule has 1 aliphatic rings. The third kappa shape index (κ3) is 3.55. The van der Waals surface area contributed by atoms with Crippen molar-refractivity contribution < 1.29 is 19.1 Å². The number of rotatable bonds is 5. The van der Waals surface area contributed by atoms with Crippen molar-refractivity contribution in [1.29, 1.82) is 0 Å². The van der Waals surface area contributed by atoms with Crippen LogP contribution in [-0.4, -0.2) is 28.7 Å². The van der Waals surface area contributed by atoms with Gasteiger partial charge in [0.1, 0.15) is 11.8 Å². The molecule has 1 heterocycles. The zero-order valence-electron chi connectivity index (χ0n) is 16.6. The quantitative estimate of drug-likeness (QED) is 0.644. The van der Waals surface area contributed by atoms with Crippen LogP contribution < -0.4 is 10.1 Å². The van der Waals surface area contributed by atoms with E-state index >= 15 is 0 Å². The zero-order valence-corrected chi connectivity index (χ0v) is 16.6. The van der Waals surface area contributed by atoms with Crippen LogP contribution in [0.15, 0.2) is 72.8 Å². The molecule has 6 nitrogen and oxygen atoms in total. The molecule has 1 atom stereocenters. The summed E-state index contributed by atoms with van der Waals surface area (Å²) in [6, 6.07) is 20.1. The van der Waals surface area contributed by atoms with E-state index in [-0.39, 0.29) is 0 Å². The molecule has 3 amide bonds. The second-order valence-corrected chi connectivity index (χ2v) is 7.10. The monoisotopic (exact) mass is 400 g/mol. The number of para-hydroxylation sites is 2. The third-order valence-electron chi connectivity index (χ3n) is 4.99. The van der Waals surface area contributed by atoms with E-state index in [1.54, 1.807) is 48.5 Å². The largest absolute Gasteiger partial charge is 0.455 e. The summed E-state index contributed by atoms with van der Waals surface area (Å²) in [5, 5.41) is 2.78. The molecule has 30 heavy (non-hydrogen) atoms. The van der Waals surface area contributed by atoms with Crippen molar-refractivity contribution in [1.82, 2.24) is 4.90 Å². The van der Waals surface area contributed by atoms with Gasteiger partial charge in [0.05, 0.1) is 16.8 Å². The molecule has 4 rings (SSSR count). The molecule has 3 aromatic rings. The average molecular weight is 400 g/mol. The Labute approximate surface area is 174 Å². The fraction of sp³-hybridized carbons (Fsp3) is 0.125. The van der Waals surface area contributed by atoms with Gasteiger partial charge < -0.3 is 10.1 Å². The van der Waals surface area contributed by atoms with Crippen molar-refractivity contribution in [3.05, 3.63) is 89.5 Å². The number of imide groups is 1. The average Bonchev–Trinajstić information content (AvgIpc) is 3.01. The minimum atomic E-state index is -0.982. The highest BCUT2D eigenvalue weighted by molar-refractivity contribution is 6.23. The Hall–Kier alpha value is -3.93. The van der Waals surface area contributed by atoms with Gasteiger partial charge in [0.2, 0.25) is 5.91 Å². The number of anilines is 1. The van der Waals surface area contributed by atoms with E-state index in [2.05, 4.69) is 5.32 Å². The number of nitrogens with zero attached hydrogens (tertiary/aromatic N) is 1. The molecular formula is C24H20N2O4. The maximum absolute atomic E-state index is 12.9. The molecule has 0 fully saturated rings. The molecule has 1 unspecified atom stereocenters. The highest BCUT2D eigenvalue weighted by atomic mass is 16.5. The predicted octanol–water partition coefficient (Wildman–Crippen LogP) is 4.41. The molecule has 0 saturated heterocycles. The van der Waals surface area contributed by atoms with E-state index in [0.29, 0.717) is 28.3 Å². The molecule has 0 aromatic heterocycles. The van der Waals surface area contributed by atoms with Crippen molar-refractivity contribution >= 4 is 23.4 Å². The highest BCUT2D eigenvalue weighted by Crippen LogP contribution is 2.30. The first-order valence-electron chi connectivity index (χ1n) is 9.57. The Balaban J connectivity index is 1.53. The van der Waals surface area contributed by atoms with Crippen LogP contribution in [0.5, 0.6) is 11.5 Å². The summed E-state index contributed by atoms with van der Waals surface area (Å²) in [6.45, 7) is 3.51. The highest BCUT2D eigenvalue weighted by Gasteiger charge is 2.40. The Morgan fingerprint density at radius 3 is 2.07 bits per heavy atom. The van der Waals surface area contributed by atoms with Gasteiger partial charge >= 0.3 is 0 Å². The normalized spacial score (nSPS) is 13.7. The summed E-state index contributed by atoms with van der Waals surface area (Å²) in [4.78, 5) is 39.2. The van der Waals surface area contributed by atoms with Gasteiger partial charge in [-0.1, -0.05) is 42.0 Å². The van der Waals surface area contributed by atoms with Crippen LogP contribution in [-0.2, 0) is 4.79 Å². The number of benzene rings is 3. The van der Waals surface area contributed by atoms with Crippen LogP contribution in [0, 0.1) is 6.92 Å². The zero-order chi connectivity index (χ0) is 21.3. The van der Waals surface area contributed by atoms with Gasteiger partial charge in [0.15, 0.2) is 5.75 Å². The standard InChI is InChI=1S/C24H20N2O4/c1-15-11-13-17(14-12-15)30-21-10-6-5-9-20(21)25-22(27)16(2)26-23(28)18-7-3-4-8-19(18)24(26)29/h3-14,16H,1-2H3,(H,25,27). The number of carbonyl (C=O) groups is 3. The maximum atomic E-state index is 12.9. The molecule has 3 aromatic carbocycles. The Bertz CT molecular complexity index is 1100. The minimum absolute atomic E-state index is 0.310. The number of ether oxygens (including phenoxy) is 1. The summed E-state index contributed by atoms with van der Waals surface area (Å²) in [5.41, 5.74) is 2.18. The van der Waals surface area contributed by atoms with Crippen LogP contribution in [0.25, 0.3) is 0 Å². The molecule has 0 aliphatic carbocycles. The van der Waals surface area contributed by atoms with Crippen LogP contribution >= 0.6 is 0 Å². The molecule has 1 N–H and O–H groups in total. The molecule has 150 valence electrons. The number of hydrogen-bond acceptors (Lipinski definition) is 4. The van der Waals surface area contributed by atoms with Crippen molar-refractivity contribution in [2.75, 3.05) is 5.32 Å². The number of hydrogen-bond donors (Lipinski definition) is 1. The molecule has 0 radical (unpaired) electrons. The second-order valence-electron chi connectivity index (χ2n) is 7.10. The van der Waals surface area contributed by atoms with E-state index in [0.717, 1.165) is 10.5 Å². The van der Waals surface area contributed by atoms with Gasteiger partial charge in [0.25, 0.3) is 11.8 Å². The third-order valence-corrected chi connectivity index (χ3v) is 4.99. The van der Waals surface area contributed by atoms with Gasteiger partial charge in [-0.05, 0) is 50.2 Å². The van der Waals surface area contributed by atoms with E-state index in [4.69, 9.17) is 4.74 Å². The van der Waals surface area contributed by atoms with E-state index in [1.165, 1.54) is 6.92 Å². The fourth-order valence-corrected chi connectivity index (χ4v) is 3.31. The summed E-state index contributed by atoms with van der Waals surface area (Å²) in [6.07, 6.45) is 0. The fourth-order valence-electron chi connectivity index (χ4n) is 3.31. The first kappa shape index (κ1) is 19.4. The van der Waals surface area contributed by atoms with Gasteiger partial charge in [-0.25, -0.2) is 0 Å². The van der Waals surface area contributed by atoms with Gasteiger partial charge in [0, 0.05) is 0 Å². The van der Waals surface area contributed by atoms with Crippen molar-refractivity contribution in [2.45, 2.75) is 19.9 Å². The summed E-state index contributed by atoms with van der Waals surface area (Å²) < 4.78 is 5.90.